The summed E-state index contributed by atoms with van der Waals surface area (Å²) < 4.78 is 1.64. The zero-order valence-corrected chi connectivity index (χ0v) is 16.9. The number of carboxylic acid groups (broad SMARTS) is 1. The molecule has 3 aromatic rings. The van der Waals surface area contributed by atoms with E-state index < -0.39 is 17.5 Å². The number of aryl methyl sites for hydroxylation is 1. The second-order valence-electron chi connectivity index (χ2n) is 7.62. The first-order valence-corrected chi connectivity index (χ1v) is 9.12. The van der Waals surface area contributed by atoms with Crippen molar-refractivity contribution in [2.24, 2.45) is 7.05 Å². The molecule has 0 atom stereocenters. The Bertz CT molecular complexity index is 1130. The first-order chi connectivity index (χ1) is 13.6. The lowest BCUT2D eigenvalue weighted by molar-refractivity contribution is 0.0698. The van der Waals surface area contributed by atoms with E-state index in [0.29, 0.717) is 16.7 Å². The van der Waals surface area contributed by atoms with Gasteiger partial charge in [-0.25, -0.2) is 14.6 Å². The first-order valence-electron chi connectivity index (χ1n) is 9.12. The Morgan fingerprint density at radius 3 is 2.59 bits per heavy atom. The molecule has 0 spiro atoms. The van der Waals surface area contributed by atoms with E-state index in [9.17, 15) is 14.7 Å². The Labute approximate surface area is 169 Å². The second kappa shape index (κ2) is 7.43. The number of aromatic nitrogens is 2. The molecular formula is C22H24N4O3. The lowest BCUT2D eigenvalue weighted by Crippen LogP contribution is -2.43. The van der Waals surface area contributed by atoms with E-state index in [1.165, 1.54) is 6.07 Å². The summed E-state index contributed by atoms with van der Waals surface area (Å²) in [7, 11) is 1.73. The predicted molar refractivity (Wildman–Crippen MR) is 114 cm³/mol. The van der Waals surface area contributed by atoms with Crippen molar-refractivity contribution in [2.75, 3.05) is 5.32 Å². The van der Waals surface area contributed by atoms with Gasteiger partial charge in [-0.1, -0.05) is 30.4 Å². The van der Waals surface area contributed by atoms with Gasteiger partial charge in [0, 0.05) is 12.7 Å². The zero-order chi connectivity index (χ0) is 21.3. The van der Waals surface area contributed by atoms with Crippen LogP contribution in [0, 0.1) is 0 Å². The van der Waals surface area contributed by atoms with Crippen molar-refractivity contribution in [3.63, 3.8) is 0 Å². The molecule has 0 saturated carbocycles. The SMILES string of the molecule is C=C(C)c1cccc(C(C)(C)NC(=O)Nc2cc(C(=O)O)c3c(c2)ncn3C)c1. The summed E-state index contributed by atoms with van der Waals surface area (Å²) in [5.74, 6) is -1.08. The number of nitrogens with zero attached hydrogens (tertiary/aromatic N) is 2. The fourth-order valence-electron chi connectivity index (χ4n) is 3.22. The number of carbonyl (C=O) groups excluding carboxylic acids is 1. The van der Waals surface area contributed by atoms with Gasteiger partial charge in [0.2, 0.25) is 0 Å². The maximum absolute atomic E-state index is 12.6. The third-order valence-electron chi connectivity index (χ3n) is 4.80. The molecule has 0 aliphatic carbocycles. The summed E-state index contributed by atoms with van der Waals surface area (Å²) in [4.78, 5) is 28.5. The number of amides is 2. The Kier molecular flexibility index (Phi) is 5.16. The number of hydrogen-bond acceptors (Lipinski definition) is 3. The molecule has 29 heavy (non-hydrogen) atoms. The average molecular weight is 392 g/mol. The largest absolute Gasteiger partial charge is 0.478 e. The highest BCUT2D eigenvalue weighted by Crippen LogP contribution is 2.25. The number of imidazole rings is 1. The molecule has 3 N–H and O–H groups in total. The quantitative estimate of drug-likeness (QED) is 0.601. The topological polar surface area (TPSA) is 96.2 Å². The monoisotopic (exact) mass is 392 g/mol. The van der Waals surface area contributed by atoms with E-state index in [4.69, 9.17) is 0 Å². The number of hydrogen-bond donors (Lipinski definition) is 3. The molecule has 2 amide bonds. The average Bonchev–Trinajstić information content (AvgIpc) is 3.01. The summed E-state index contributed by atoms with van der Waals surface area (Å²) in [6.45, 7) is 9.68. The molecule has 7 nitrogen and oxygen atoms in total. The smallest absolute Gasteiger partial charge is 0.337 e. The molecule has 0 unspecified atom stereocenters. The standard InChI is InChI=1S/C22H24N4O3/c1-13(2)14-7-6-8-15(9-14)22(3,4)25-21(29)24-16-10-17(20(27)28)19-18(11-16)23-12-26(19)5/h6-12H,1H2,2-5H3,(H,27,28)(H2,24,25,29). The Morgan fingerprint density at radius 1 is 1.21 bits per heavy atom. The fraction of sp³-hybridized carbons (Fsp3) is 0.227. The minimum atomic E-state index is -1.08. The van der Waals surface area contributed by atoms with Crippen molar-refractivity contribution in [1.82, 2.24) is 14.9 Å². The summed E-state index contributed by atoms with van der Waals surface area (Å²) in [6, 6.07) is 10.5. The minimum absolute atomic E-state index is 0.0752. The number of anilines is 1. The molecule has 0 fully saturated rings. The molecule has 0 aliphatic rings. The second-order valence-corrected chi connectivity index (χ2v) is 7.62. The van der Waals surface area contributed by atoms with Crippen molar-refractivity contribution >= 4 is 34.3 Å². The first kappa shape index (κ1) is 20.1. The number of urea groups is 1. The van der Waals surface area contributed by atoms with Gasteiger partial charge in [0.1, 0.15) is 0 Å². The van der Waals surface area contributed by atoms with Crippen LogP contribution in [0.2, 0.25) is 0 Å². The molecule has 0 bridgehead atoms. The number of carbonyl (C=O) groups is 2. The van der Waals surface area contributed by atoms with Crippen LogP contribution in [-0.4, -0.2) is 26.7 Å². The number of carboxylic acids is 1. The van der Waals surface area contributed by atoms with E-state index in [1.54, 1.807) is 24.0 Å². The Hall–Kier alpha value is -3.61. The zero-order valence-electron chi connectivity index (χ0n) is 16.9. The maximum Gasteiger partial charge on any atom is 0.337 e. The van der Waals surface area contributed by atoms with Gasteiger partial charge in [0.15, 0.2) is 0 Å². The molecular weight excluding hydrogens is 368 g/mol. The van der Waals surface area contributed by atoms with Crippen LogP contribution in [0.1, 0.15) is 42.3 Å². The third-order valence-corrected chi connectivity index (χ3v) is 4.80. The van der Waals surface area contributed by atoms with E-state index in [2.05, 4.69) is 22.2 Å². The van der Waals surface area contributed by atoms with E-state index in [0.717, 1.165) is 16.7 Å². The highest BCUT2D eigenvalue weighted by atomic mass is 16.4. The van der Waals surface area contributed by atoms with E-state index in [-0.39, 0.29) is 5.56 Å². The van der Waals surface area contributed by atoms with Crippen LogP contribution in [0.25, 0.3) is 16.6 Å². The molecule has 7 heteroatoms. The van der Waals surface area contributed by atoms with E-state index >= 15 is 0 Å². The maximum atomic E-state index is 12.6. The van der Waals surface area contributed by atoms with Crippen LogP contribution in [-0.2, 0) is 12.6 Å². The normalized spacial score (nSPS) is 11.3. The van der Waals surface area contributed by atoms with Gasteiger partial charge in [-0.3, -0.25) is 0 Å². The van der Waals surface area contributed by atoms with Crippen LogP contribution in [0.3, 0.4) is 0 Å². The van der Waals surface area contributed by atoms with Gasteiger partial charge in [-0.2, -0.15) is 0 Å². The minimum Gasteiger partial charge on any atom is -0.478 e. The predicted octanol–water partition coefficient (Wildman–Crippen LogP) is 4.36. The van der Waals surface area contributed by atoms with Crippen molar-refractivity contribution in [3.8, 4) is 0 Å². The Morgan fingerprint density at radius 2 is 1.93 bits per heavy atom. The van der Waals surface area contributed by atoms with Crippen LogP contribution in [0.4, 0.5) is 10.5 Å². The molecule has 2 aromatic carbocycles. The van der Waals surface area contributed by atoms with Crippen LogP contribution in [0.15, 0.2) is 49.3 Å². The molecule has 0 aliphatic heterocycles. The summed E-state index contributed by atoms with van der Waals surface area (Å²) in [5.41, 5.74) is 3.65. The van der Waals surface area contributed by atoms with Crippen LogP contribution >= 0.6 is 0 Å². The summed E-state index contributed by atoms with van der Waals surface area (Å²) in [5, 5.41) is 15.2. The highest BCUT2D eigenvalue weighted by Gasteiger charge is 2.24. The van der Waals surface area contributed by atoms with Crippen LogP contribution < -0.4 is 10.6 Å². The van der Waals surface area contributed by atoms with Crippen molar-refractivity contribution in [2.45, 2.75) is 26.3 Å². The van der Waals surface area contributed by atoms with Crippen molar-refractivity contribution in [1.29, 1.82) is 0 Å². The highest BCUT2D eigenvalue weighted by molar-refractivity contribution is 6.04. The number of aromatic carboxylic acids is 1. The number of fused-ring (bicyclic) bond motifs is 1. The third kappa shape index (κ3) is 4.13. The molecule has 0 saturated heterocycles. The van der Waals surface area contributed by atoms with Crippen molar-refractivity contribution < 1.29 is 14.7 Å². The van der Waals surface area contributed by atoms with Gasteiger partial charge < -0.3 is 20.3 Å². The van der Waals surface area contributed by atoms with Crippen LogP contribution in [0.5, 0.6) is 0 Å². The van der Waals surface area contributed by atoms with Gasteiger partial charge in [0.05, 0.1) is 28.5 Å². The van der Waals surface area contributed by atoms with Gasteiger partial charge >= 0.3 is 12.0 Å². The van der Waals surface area contributed by atoms with Gasteiger partial charge in [0.25, 0.3) is 0 Å². The van der Waals surface area contributed by atoms with Gasteiger partial charge in [-0.15, -0.1) is 0 Å². The van der Waals surface area contributed by atoms with Crippen molar-refractivity contribution in [3.05, 3.63) is 66.0 Å². The number of rotatable bonds is 5. The molecule has 150 valence electrons. The van der Waals surface area contributed by atoms with Gasteiger partial charge in [-0.05, 0) is 50.1 Å². The Balaban J connectivity index is 1.84. The lowest BCUT2D eigenvalue weighted by atomic mass is 9.92. The fourth-order valence-corrected chi connectivity index (χ4v) is 3.22. The van der Waals surface area contributed by atoms with E-state index in [1.807, 2.05) is 45.0 Å². The molecule has 1 heterocycles. The lowest BCUT2D eigenvalue weighted by Gasteiger charge is -2.27. The number of allylic oxidation sites excluding steroid dienone is 1. The molecule has 0 radical (unpaired) electrons. The molecule has 1 aromatic heterocycles. The summed E-state index contributed by atoms with van der Waals surface area (Å²) >= 11 is 0. The molecule has 3 rings (SSSR count). The number of nitrogens with one attached hydrogen (secondary N) is 2. The summed E-state index contributed by atoms with van der Waals surface area (Å²) in [6.07, 6.45) is 1.54. The number of benzene rings is 2.